The molecule has 1 atom stereocenters. The summed E-state index contributed by atoms with van der Waals surface area (Å²) < 4.78 is 0. The number of pyridine rings is 3. The zero-order chi connectivity index (χ0) is 22.4. The Balaban J connectivity index is 1.45. The summed E-state index contributed by atoms with van der Waals surface area (Å²) in [5.74, 6) is 0.487. The molecule has 6 heterocycles. The maximum atomic E-state index is 4.69. The van der Waals surface area contributed by atoms with Gasteiger partial charge in [-0.3, -0.25) is 25.0 Å². The summed E-state index contributed by atoms with van der Waals surface area (Å²) in [6, 6.07) is 10.2. The highest BCUT2D eigenvalue weighted by Gasteiger charge is 2.17. The van der Waals surface area contributed by atoms with Crippen LogP contribution in [0.25, 0.3) is 50.0 Å². The van der Waals surface area contributed by atoms with Crippen LogP contribution in [0.1, 0.15) is 32.4 Å². The van der Waals surface area contributed by atoms with Gasteiger partial charge in [-0.1, -0.05) is 6.92 Å². The summed E-state index contributed by atoms with van der Waals surface area (Å²) in [4.78, 5) is 21.7. The number of rotatable bonds is 3. The van der Waals surface area contributed by atoms with Crippen molar-refractivity contribution in [1.29, 1.82) is 0 Å². The van der Waals surface area contributed by atoms with Gasteiger partial charge in [-0.2, -0.15) is 5.10 Å². The van der Waals surface area contributed by atoms with Gasteiger partial charge in [0.25, 0.3) is 0 Å². The highest BCUT2D eigenvalue weighted by atomic mass is 15.1. The van der Waals surface area contributed by atoms with Crippen molar-refractivity contribution in [2.75, 3.05) is 0 Å². The smallest absolute Gasteiger partial charge is 0.116 e. The summed E-state index contributed by atoms with van der Waals surface area (Å²) in [6.07, 6.45) is 11.3. The quantitative estimate of drug-likeness (QED) is 0.376. The van der Waals surface area contributed by atoms with E-state index < -0.39 is 0 Å². The van der Waals surface area contributed by atoms with Gasteiger partial charge in [-0.15, -0.1) is 0 Å². The highest BCUT2D eigenvalue weighted by molar-refractivity contribution is 6.00. The molecule has 1 aliphatic rings. The largest absolute Gasteiger partial charge is 0.353 e. The Hall–Kier alpha value is -4.13. The van der Waals surface area contributed by atoms with Crippen molar-refractivity contribution < 1.29 is 0 Å². The lowest BCUT2D eigenvalue weighted by Gasteiger charge is -2.08. The van der Waals surface area contributed by atoms with Crippen LogP contribution in [0.2, 0.25) is 0 Å². The third-order valence-corrected chi connectivity index (χ3v) is 6.50. The van der Waals surface area contributed by atoms with E-state index in [4.69, 9.17) is 0 Å². The Morgan fingerprint density at radius 2 is 1.88 bits per heavy atom. The van der Waals surface area contributed by atoms with Crippen molar-refractivity contribution >= 4 is 33.1 Å². The number of fused-ring (bicyclic) bond motifs is 2. The minimum atomic E-state index is 0.487. The van der Waals surface area contributed by atoms with E-state index in [-0.39, 0.29) is 0 Å². The summed E-state index contributed by atoms with van der Waals surface area (Å²) in [7, 11) is 0. The summed E-state index contributed by atoms with van der Waals surface area (Å²) in [5, 5.41) is 9.81. The standard InChI is InChI=1S/C26H23N7/c1-15-5-6-17(13-29-16(15)2)22-10-20-24(14-30-22)32-33-26(20)23-11-19-21(31-23)7-9-28-25(19)18-4-3-8-27-12-18/h3-4,7-15,31H,5-6H2,1-2H3,(H,32,33). The van der Waals surface area contributed by atoms with E-state index in [1.807, 2.05) is 43.0 Å². The number of hydrogen-bond donors (Lipinski definition) is 2. The molecule has 1 aliphatic heterocycles. The van der Waals surface area contributed by atoms with Gasteiger partial charge in [-0.25, -0.2) is 0 Å². The van der Waals surface area contributed by atoms with E-state index in [9.17, 15) is 0 Å². The molecule has 2 N–H and O–H groups in total. The number of aromatic nitrogens is 6. The van der Waals surface area contributed by atoms with Crippen LogP contribution in [-0.4, -0.2) is 35.8 Å². The minimum Gasteiger partial charge on any atom is -0.353 e. The molecule has 0 bridgehead atoms. The van der Waals surface area contributed by atoms with Crippen molar-refractivity contribution in [3.8, 4) is 22.6 Å². The number of H-pyrrole nitrogens is 2. The number of aromatic amines is 2. The van der Waals surface area contributed by atoms with Gasteiger partial charge in [0.1, 0.15) is 5.69 Å². The molecule has 0 saturated carbocycles. The zero-order valence-corrected chi connectivity index (χ0v) is 18.5. The average molecular weight is 434 g/mol. The second-order valence-corrected chi connectivity index (χ2v) is 8.60. The maximum Gasteiger partial charge on any atom is 0.116 e. The highest BCUT2D eigenvalue weighted by Crippen LogP contribution is 2.34. The molecule has 7 heteroatoms. The molecule has 0 fully saturated rings. The Bertz CT molecular complexity index is 1540. The predicted octanol–water partition coefficient (Wildman–Crippen LogP) is 5.79. The van der Waals surface area contributed by atoms with E-state index in [2.05, 4.69) is 61.1 Å². The van der Waals surface area contributed by atoms with Crippen molar-refractivity contribution in [3.05, 3.63) is 67.0 Å². The summed E-state index contributed by atoms with van der Waals surface area (Å²) in [5.41, 5.74) is 8.87. The number of aliphatic imine (C=N–C) groups is 1. The number of allylic oxidation sites excluding steroid dienone is 1. The fourth-order valence-corrected chi connectivity index (χ4v) is 4.36. The summed E-state index contributed by atoms with van der Waals surface area (Å²) in [6.45, 7) is 4.32. The second-order valence-electron chi connectivity index (χ2n) is 8.60. The average Bonchev–Trinajstić information content (AvgIpc) is 3.43. The molecule has 162 valence electrons. The minimum absolute atomic E-state index is 0.487. The molecule has 0 aromatic carbocycles. The van der Waals surface area contributed by atoms with Crippen LogP contribution in [0.5, 0.6) is 0 Å². The molecule has 0 saturated heterocycles. The first-order chi connectivity index (χ1) is 16.2. The Morgan fingerprint density at radius 1 is 0.970 bits per heavy atom. The van der Waals surface area contributed by atoms with Crippen LogP contribution in [-0.2, 0) is 0 Å². The Kier molecular flexibility index (Phi) is 4.61. The third-order valence-electron chi connectivity index (χ3n) is 6.50. The van der Waals surface area contributed by atoms with Crippen molar-refractivity contribution in [1.82, 2.24) is 30.1 Å². The van der Waals surface area contributed by atoms with Crippen molar-refractivity contribution in [2.45, 2.75) is 26.7 Å². The van der Waals surface area contributed by atoms with Crippen LogP contribution < -0.4 is 0 Å². The first-order valence-electron chi connectivity index (χ1n) is 11.1. The van der Waals surface area contributed by atoms with E-state index in [0.717, 1.165) is 68.6 Å². The Morgan fingerprint density at radius 3 is 2.76 bits per heavy atom. The molecule has 7 nitrogen and oxygen atoms in total. The SMILES string of the molecule is CC1=NC=C(c2cc3c(-c4cc5c(-c6cccnc6)nccc5[nH]4)n[nH]c3cn2)CCC1C. The van der Waals surface area contributed by atoms with Crippen LogP contribution >= 0.6 is 0 Å². The van der Waals surface area contributed by atoms with Gasteiger partial charge in [0, 0.05) is 52.4 Å². The molecule has 0 radical (unpaired) electrons. The van der Waals surface area contributed by atoms with Gasteiger partial charge >= 0.3 is 0 Å². The first-order valence-corrected chi connectivity index (χ1v) is 11.1. The van der Waals surface area contributed by atoms with Crippen LogP contribution in [0.3, 0.4) is 0 Å². The van der Waals surface area contributed by atoms with Gasteiger partial charge in [0.15, 0.2) is 0 Å². The molecule has 6 rings (SSSR count). The lowest BCUT2D eigenvalue weighted by atomic mass is 9.97. The van der Waals surface area contributed by atoms with E-state index in [1.54, 1.807) is 6.20 Å². The van der Waals surface area contributed by atoms with Gasteiger partial charge < -0.3 is 4.98 Å². The van der Waals surface area contributed by atoms with Gasteiger partial charge in [-0.05, 0) is 61.6 Å². The van der Waals surface area contributed by atoms with Gasteiger partial charge in [0.2, 0.25) is 0 Å². The monoisotopic (exact) mass is 433 g/mol. The van der Waals surface area contributed by atoms with Crippen molar-refractivity contribution in [2.24, 2.45) is 10.9 Å². The third kappa shape index (κ3) is 3.42. The fourth-order valence-electron chi connectivity index (χ4n) is 4.36. The van der Waals surface area contributed by atoms with E-state index in [1.165, 1.54) is 5.71 Å². The van der Waals surface area contributed by atoms with Crippen LogP contribution in [0.4, 0.5) is 0 Å². The maximum absolute atomic E-state index is 4.69. The summed E-state index contributed by atoms with van der Waals surface area (Å²) >= 11 is 0. The molecular formula is C26H23N7. The normalized spacial score (nSPS) is 16.6. The van der Waals surface area contributed by atoms with Crippen molar-refractivity contribution in [3.63, 3.8) is 0 Å². The van der Waals surface area contributed by atoms with E-state index >= 15 is 0 Å². The predicted molar refractivity (Wildman–Crippen MR) is 132 cm³/mol. The molecular weight excluding hydrogens is 410 g/mol. The second kappa shape index (κ2) is 7.78. The lowest BCUT2D eigenvalue weighted by Crippen LogP contribution is -2.04. The Labute approximate surface area is 190 Å². The zero-order valence-electron chi connectivity index (χ0n) is 18.5. The van der Waals surface area contributed by atoms with Gasteiger partial charge in [0.05, 0.1) is 28.8 Å². The van der Waals surface area contributed by atoms with E-state index in [0.29, 0.717) is 5.92 Å². The molecule has 0 amide bonds. The molecule has 0 aliphatic carbocycles. The number of hydrogen-bond acceptors (Lipinski definition) is 5. The molecule has 5 aromatic heterocycles. The first kappa shape index (κ1) is 19.5. The van der Waals surface area contributed by atoms with Crippen LogP contribution in [0, 0.1) is 5.92 Å². The molecule has 5 aromatic rings. The molecule has 1 unspecified atom stereocenters. The number of nitrogens with one attached hydrogen (secondary N) is 2. The number of nitrogens with zero attached hydrogens (tertiary/aromatic N) is 5. The lowest BCUT2D eigenvalue weighted by molar-refractivity contribution is 0.702. The topological polar surface area (TPSA) is 95.5 Å². The fraction of sp³-hybridized carbons (Fsp3) is 0.192. The molecule has 33 heavy (non-hydrogen) atoms. The molecule has 0 spiro atoms. The van der Waals surface area contributed by atoms with Crippen LogP contribution in [0.15, 0.2) is 66.3 Å².